The Morgan fingerprint density at radius 2 is 1.93 bits per heavy atom. The summed E-state index contributed by atoms with van der Waals surface area (Å²) >= 11 is 5.79. The molecule has 1 aromatic heterocycles. The second kappa shape index (κ2) is 9.14. The van der Waals surface area contributed by atoms with Crippen LogP contribution in [0.2, 0.25) is 5.02 Å². The van der Waals surface area contributed by atoms with E-state index >= 15 is 0 Å². The van der Waals surface area contributed by atoms with Crippen LogP contribution in [0.3, 0.4) is 0 Å². The van der Waals surface area contributed by atoms with E-state index in [0.29, 0.717) is 22.6 Å². The van der Waals surface area contributed by atoms with Gasteiger partial charge in [0.2, 0.25) is 0 Å². The van der Waals surface area contributed by atoms with Crippen molar-refractivity contribution < 1.29 is 8.81 Å². The number of aromatic nitrogens is 1. The fraction of sp³-hybridized carbons (Fsp3) is 0.435. The summed E-state index contributed by atoms with van der Waals surface area (Å²) in [4.78, 5) is 14.0. The van der Waals surface area contributed by atoms with Crippen molar-refractivity contribution in [1.29, 1.82) is 0 Å². The molecule has 2 N–H and O–H groups in total. The Bertz CT molecular complexity index is 1020. The lowest BCUT2D eigenvalue weighted by molar-refractivity contribution is 0.341. The molecule has 0 radical (unpaired) electrons. The molecule has 4 rings (SSSR count). The molecule has 1 aliphatic carbocycles. The predicted octanol–water partition coefficient (Wildman–Crippen LogP) is 5.55. The molecule has 4 nitrogen and oxygen atoms in total. The minimum Gasteiger partial charge on any atom is -0.408 e. The molecule has 2 aromatic carbocycles. The normalized spacial score (nSPS) is 19.7. The summed E-state index contributed by atoms with van der Waals surface area (Å²) in [5, 5.41) is 4.10. The van der Waals surface area contributed by atoms with Gasteiger partial charge in [-0.3, -0.25) is 4.98 Å². The Balaban J connectivity index is 1.18. The van der Waals surface area contributed by atoms with Crippen molar-refractivity contribution in [1.82, 2.24) is 10.3 Å². The lowest BCUT2D eigenvalue weighted by atomic mass is 9.81. The Morgan fingerprint density at radius 1 is 1.10 bits per heavy atom. The van der Waals surface area contributed by atoms with Gasteiger partial charge < -0.3 is 9.73 Å². The largest absolute Gasteiger partial charge is 0.417 e. The number of rotatable bonds is 7. The van der Waals surface area contributed by atoms with Gasteiger partial charge >= 0.3 is 5.76 Å². The second-order valence-corrected chi connectivity index (χ2v) is 8.40. The van der Waals surface area contributed by atoms with Gasteiger partial charge in [-0.1, -0.05) is 23.7 Å². The van der Waals surface area contributed by atoms with Crippen LogP contribution in [0.4, 0.5) is 4.39 Å². The Morgan fingerprint density at radius 3 is 2.72 bits per heavy atom. The molecule has 1 fully saturated rings. The number of hydrogen-bond acceptors (Lipinski definition) is 3. The quantitative estimate of drug-likeness (QED) is 0.496. The van der Waals surface area contributed by atoms with Gasteiger partial charge in [-0.05, 0) is 92.8 Å². The molecular formula is C23H26ClFN2O2. The molecule has 0 aliphatic heterocycles. The molecule has 0 spiro atoms. The number of hydrogen-bond donors (Lipinski definition) is 2. The third-order valence-corrected chi connectivity index (χ3v) is 6.20. The van der Waals surface area contributed by atoms with E-state index in [9.17, 15) is 9.18 Å². The number of unbranched alkanes of at least 4 members (excludes halogenated alkanes) is 1. The molecule has 0 saturated heterocycles. The molecule has 3 aromatic rings. The van der Waals surface area contributed by atoms with Crippen LogP contribution in [0.5, 0.6) is 0 Å². The average Bonchev–Trinajstić information content (AvgIpc) is 3.09. The van der Waals surface area contributed by atoms with E-state index in [-0.39, 0.29) is 5.82 Å². The molecule has 6 heteroatoms. The van der Waals surface area contributed by atoms with Gasteiger partial charge in [0.1, 0.15) is 5.82 Å². The highest BCUT2D eigenvalue weighted by Crippen LogP contribution is 2.34. The number of fused-ring (bicyclic) bond motifs is 1. The fourth-order valence-corrected chi connectivity index (χ4v) is 4.48. The number of halogens is 2. The lowest BCUT2D eigenvalue weighted by Crippen LogP contribution is -2.33. The van der Waals surface area contributed by atoms with Crippen molar-refractivity contribution in [2.75, 3.05) is 6.54 Å². The van der Waals surface area contributed by atoms with Gasteiger partial charge in [0.15, 0.2) is 5.58 Å². The first-order valence-corrected chi connectivity index (χ1v) is 10.8. The number of oxazole rings is 1. The van der Waals surface area contributed by atoms with Crippen LogP contribution in [-0.4, -0.2) is 17.6 Å². The van der Waals surface area contributed by atoms with E-state index in [0.717, 1.165) is 62.6 Å². The minimum atomic E-state index is -0.399. The highest BCUT2D eigenvalue weighted by atomic mass is 35.5. The molecule has 1 aliphatic rings. The zero-order chi connectivity index (χ0) is 20.2. The minimum absolute atomic E-state index is 0.208. The monoisotopic (exact) mass is 416 g/mol. The zero-order valence-electron chi connectivity index (χ0n) is 16.3. The molecular weight excluding hydrogens is 391 g/mol. The van der Waals surface area contributed by atoms with Crippen LogP contribution in [-0.2, 0) is 6.42 Å². The number of H-pyrrole nitrogens is 1. The molecule has 0 unspecified atom stereocenters. The van der Waals surface area contributed by atoms with Gasteiger partial charge in [-0.2, -0.15) is 0 Å². The molecule has 29 heavy (non-hydrogen) atoms. The topological polar surface area (TPSA) is 58.0 Å². The van der Waals surface area contributed by atoms with Crippen molar-refractivity contribution in [3.8, 4) is 0 Å². The second-order valence-electron chi connectivity index (χ2n) is 7.97. The third-order valence-electron chi connectivity index (χ3n) is 5.96. The van der Waals surface area contributed by atoms with Crippen LogP contribution in [0.15, 0.2) is 45.6 Å². The average molecular weight is 417 g/mol. The predicted molar refractivity (Wildman–Crippen MR) is 114 cm³/mol. The summed E-state index contributed by atoms with van der Waals surface area (Å²) in [5.41, 5.74) is 3.39. The SMILES string of the molecule is O=c1[nH]c2ccc(C3CCC(NCCCCc4ccc(Cl)cc4F)CC3)cc2o1. The summed E-state index contributed by atoms with van der Waals surface area (Å²) < 4.78 is 19.0. The van der Waals surface area contributed by atoms with Crippen molar-refractivity contribution >= 4 is 22.7 Å². The lowest BCUT2D eigenvalue weighted by Gasteiger charge is -2.29. The number of benzene rings is 2. The van der Waals surface area contributed by atoms with E-state index in [1.54, 1.807) is 12.1 Å². The number of nitrogens with one attached hydrogen (secondary N) is 2. The molecule has 1 saturated carbocycles. The molecule has 154 valence electrons. The summed E-state index contributed by atoms with van der Waals surface area (Å²) in [6, 6.07) is 11.5. The molecule has 1 heterocycles. The zero-order valence-corrected chi connectivity index (χ0v) is 17.1. The first-order valence-electron chi connectivity index (χ1n) is 10.4. The van der Waals surface area contributed by atoms with Crippen LogP contribution in [0, 0.1) is 5.82 Å². The fourth-order valence-electron chi connectivity index (χ4n) is 4.32. The maximum absolute atomic E-state index is 13.8. The van der Waals surface area contributed by atoms with Crippen LogP contribution < -0.4 is 11.1 Å². The van der Waals surface area contributed by atoms with Gasteiger partial charge in [0, 0.05) is 11.1 Å². The van der Waals surface area contributed by atoms with Crippen molar-refractivity contribution in [3.63, 3.8) is 0 Å². The summed E-state index contributed by atoms with van der Waals surface area (Å²) in [6.07, 6.45) is 7.29. The van der Waals surface area contributed by atoms with Gasteiger partial charge in [-0.25, -0.2) is 9.18 Å². The molecule has 0 bridgehead atoms. The Labute approximate surface area is 174 Å². The molecule has 0 atom stereocenters. The smallest absolute Gasteiger partial charge is 0.408 e. The van der Waals surface area contributed by atoms with Crippen LogP contribution in [0.25, 0.3) is 11.1 Å². The van der Waals surface area contributed by atoms with Gasteiger partial charge in [-0.15, -0.1) is 0 Å². The highest BCUT2D eigenvalue weighted by Gasteiger charge is 2.22. The standard InChI is InChI=1S/C23H26ClFN2O2/c24-18-8-4-16(20(25)14-18)3-1-2-12-26-19-9-5-15(6-10-19)17-7-11-21-22(13-17)29-23(28)27-21/h4,7-8,11,13-15,19,26H,1-3,5-6,9-10,12H2,(H,27,28). The Kier molecular flexibility index (Phi) is 6.36. The third kappa shape index (κ3) is 5.09. The van der Waals surface area contributed by atoms with Gasteiger partial charge in [0.25, 0.3) is 0 Å². The highest BCUT2D eigenvalue weighted by molar-refractivity contribution is 6.30. The van der Waals surface area contributed by atoms with Gasteiger partial charge in [0.05, 0.1) is 5.52 Å². The molecule has 0 amide bonds. The number of aromatic amines is 1. The van der Waals surface area contributed by atoms with E-state index in [1.807, 2.05) is 12.1 Å². The van der Waals surface area contributed by atoms with Crippen LogP contribution >= 0.6 is 11.6 Å². The van der Waals surface area contributed by atoms with Crippen LogP contribution in [0.1, 0.15) is 55.6 Å². The first-order chi connectivity index (χ1) is 14.1. The van der Waals surface area contributed by atoms with E-state index in [2.05, 4.69) is 16.4 Å². The van der Waals surface area contributed by atoms with Crippen molar-refractivity contribution in [2.24, 2.45) is 0 Å². The summed E-state index contributed by atoms with van der Waals surface area (Å²) in [7, 11) is 0. The summed E-state index contributed by atoms with van der Waals surface area (Å²) in [5.74, 6) is -0.0877. The van der Waals surface area contributed by atoms with E-state index in [1.165, 1.54) is 11.6 Å². The first kappa shape index (κ1) is 20.2. The Hall–Kier alpha value is -2.11. The maximum Gasteiger partial charge on any atom is 0.417 e. The van der Waals surface area contributed by atoms with E-state index in [4.69, 9.17) is 16.0 Å². The van der Waals surface area contributed by atoms with E-state index < -0.39 is 5.76 Å². The maximum atomic E-state index is 13.8. The number of aryl methyl sites for hydroxylation is 1. The summed E-state index contributed by atoms with van der Waals surface area (Å²) in [6.45, 7) is 0.963. The van der Waals surface area contributed by atoms with Crippen molar-refractivity contribution in [2.45, 2.75) is 56.9 Å². The van der Waals surface area contributed by atoms with Crippen molar-refractivity contribution in [3.05, 3.63) is 68.9 Å².